The number of hydroxylamine groups is 1. The molecule has 0 spiro atoms. The lowest BCUT2D eigenvalue weighted by Crippen LogP contribution is -2.44. The number of para-hydroxylation sites is 1. The quantitative estimate of drug-likeness (QED) is 0.589. The van der Waals surface area contributed by atoms with Crippen LogP contribution in [-0.2, 0) is 23.9 Å². The van der Waals surface area contributed by atoms with Crippen LogP contribution in [0.25, 0.3) is 0 Å². The van der Waals surface area contributed by atoms with E-state index in [4.69, 9.17) is 14.3 Å². The fourth-order valence-electron chi connectivity index (χ4n) is 3.10. The summed E-state index contributed by atoms with van der Waals surface area (Å²) in [6, 6.07) is 16.2. The molecule has 1 unspecified atom stereocenters. The molecule has 0 saturated carbocycles. The van der Waals surface area contributed by atoms with Gasteiger partial charge < -0.3 is 9.47 Å². The van der Waals surface area contributed by atoms with Gasteiger partial charge in [-0.05, 0) is 12.1 Å². The lowest BCUT2D eigenvalue weighted by atomic mass is 9.88. The maximum Gasteiger partial charge on any atom is 0.338 e. The van der Waals surface area contributed by atoms with Gasteiger partial charge in [0, 0.05) is 5.56 Å². The van der Waals surface area contributed by atoms with Crippen molar-refractivity contribution in [3.05, 3.63) is 66.2 Å². The van der Waals surface area contributed by atoms with Crippen molar-refractivity contribution in [2.45, 2.75) is 12.1 Å². The summed E-state index contributed by atoms with van der Waals surface area (Å²) in [4.78, 5) is 43.7. The predicted molar refractivity (Wildman–Crippen MR) is 95.9 cm³/mol. The van der Waals surface area contributed by atoms with Crippen molar-refractivity contribution in [3.8, 4) is 0 Å². The molecule has 0 amide bonds. The zero-order chi connectivity index (χ0) is 19.4. The molecule has 1 heterocycles. The molecular weight excluding hydrogens is 350 g/mol. The Bertz CT molecular complexity index is 823. The van der Waals surface area contributed by atoms with Crippen LogP contribution in [0.15, 0.2) is 60.7 Å². The summed E-state index contributed by atoms with van der Waals surface area (Å²) < 4.78 is 9.62. The maximum atomic E-state index is 13.2. The highest BCUT2D eigenvalue weighted by Gasteiger charge is 2.55. The van der Waals surface area contributed by atoms with Crippen LogP contribution < -0.4 is 5.06 Å². The molecule has 1 fully saturated rings. The smallest absolute Gasteiger partial charge is 0.338 e. The van der Waals surface area contributed by atoms with Crippen LogP contribution in [0, 0.1) is 5.92 Å². The molecule has 140 valence electrons. The van der Waals surface area contributed by atoms with Gasteiger partial charge in [-0.1, -0.05) is 48.5 Å². The third-order valence-corrected chi connectivity index (χ3v) is 4.39. The van der Waals surface area contributed by atoms with Crippen molar-refractivity contribution >= 4 is 23.4 Å². The molecule has 7 nitrogen and oxygen atoms in total. The number of benzene rings is 2. The van der Waals surface area contributed by atoms with Gasteiger partial charge in [-0.25, -0.2) is 9.86 Å². The summed E-state index contributed by atoms with van der Waals surface area (Å²) in [5.41, 5.74) is 0.929. The van der Waals surface area contributed by atoms with Crippen LogP contribution in [0.1, 0.15) is 10.4 Å². The van der Waals surface area contributed by atoms with Crippen molar-refractivity contribution in [1.29, 1.82) is 0 Å². The summed E-state index contributed by atoms with van der Waals surface area (Å²) in [6.45, 7) is 0. The molecule has 0 aromatic heterocycles. The summed E-state index contributed by atoms with van der Waals surface area (Å²) in [6.07, 6.45) is -1.29. The molecular formula is C20H19NO6. The lowest BCUT2D eigenvalue weighted by Gasteiger charge is -2.25. The van der Waals surface area contributed by atoms with Crippen molar-refractivity contribution in [2.75, 3.05) is 19.3 Å². The van der Waals surface area contributed by atoms with Gasteiger partial charge in [0.05, 0.1) is 19.9 Å². The summed E-state index contributed by atoms with van der Waals surface area (Å²) in [7, 11) is 2.39. The molecule has 0 aliphatic carbocycles. The Kier molecular flexibility index (Phi) is 5.52. The second-order valence-electron chi connectivity index (χ2n) is 5.93. The van der Waals surface area contributed by atoms with Crippen LogP contribution in [0.5, 0.6) is 0 Å². The molecule has 0 bridgehead atoms. The third kappa shape index (κ3) is 3.54. The largest absolute Gasteiger partial charge is 0.469 e. The maximum absolute atomic E-state index is 13.2. The van der Waals surface area contributed by atoms with Gasteiger partial charge in [0.1, 0.15) is 12.0 Å². The molecule has 0 radical (unpaired) electrons. The predicted octanol–water partition coefficient (Wildman–Crippen LogP) is 2.02. The Morgan fingerprint density at radius 2 is 1.41 bits per heavy atom. The molecule has 2 aromatic carbocycles. The normalized spacial score (nSPS) is 21.6. The molecule has 1 saturated heterocycles. The molecule has 2 aromatic rings. The molecule has 3 rings (SSSR count). The number of Topliss-reactive ketones (excluding diaryl/α,β-unsaturated/α-hetero) is 1. The number of ketones is 1. The number of carbonyl (C=O) groups is 3. The van der Waals surface area contributed by atoms with E-state index in [0.717, 1.165) is 0 Å². The summed E-state index contributed by atoms with van der Waals surface area (Å²) in [5.74, 6) is -3.01. The number of ether oxygens (including phenoxy) is 2. The number of hydrogen-bond donors (Lipinski definition) is 0. The van der Waals surface area contributed by atoms with Gasteiger partial charge in [0.2, 0.25) is 0 Å². The molecule has 3 atom stereocenters. The Hall–Kier alpha value is -3.19. The average Bonchev–Trinajstić information content (AvgIpc) is 3.14. The van der Waals surface area contributed by atoms with E-state index in [1.54, 1.807) is 54.6 Å². The Morgan fingerprint density at radius 1 is 0.852 bits per heavy atom. The molecule has 27 heavy (non-hydrogen) atoms. The minimum Gasteiger partial charge on any atom is -0.469 e. The van der Waals surface area contributed by atoms with Gasteiger partial charge in [0.15, 0.2) is 11.9 Å². The van der Waals surface area contributed by atoms with E-state index >= 15 is 0 Å². The minimum absolute atomic E-state index is 0.360. The fourth-order valence-corrected chi connectivity index (χ4v) is 3.10. The van der Waals surface area contributed by atoms with Crippen molar-refractivity contribution in [2.24, 2.45) is 5.92 Å². The lowest BCUT2D eigenvalue weighted by molar-refractivity contribution is -0.161. The highest BCUT2D eigenvalue weighted by atomic mass is 16.7. The number of hydrogen-bond acceptors (Lipinski definition) is 7. The number of esters is 2. The van der Waals surface area contributed by atoms with Gasteiger partial charge in [-0.3, -0.25) is 14.4 Å². The van der Waals surface area contributed by atoms with Gasteiger partial charge in [0.25, 0.3) is 0 Å². The first-order valence-electron chi connectivity index (χ1n) is 8.34. The summed E-state index contributed by atoms with van der Waals surface area (Å²) in [5, 5.41) is 1.29. The topological polar surface area (TPSA) is 82.1 Å². The van der Waals surface area contributed by atoms with Crippen LogP contribution in [0.2, 0.25) is 0 Å². The highest BCUT2D eigenvalue weighted by Crippen LogP contribution is 2.35. The second kappa shape index (κ2) is 8.01. The van der Waals surface area contributed by atoms with Gasteiger partial charge in [-0.2, -0.15) is 0 Å². The van der Waals surface area contributed by atoms with Crippen LogP contribution in [0.3, 0.4) is 0 Å². The Morgan fingerprint density at radius 3 is 1.96 bits per heavy atom. The number of nitrogens with zero attached hydrogens (tertiary/aromatic N) is 1. The summed E-state index contributed by atoms with van der Waals surface area (Å²) >= 11 is 0. The number of carbonyl (C=O) groups excluding carboxylic acids is 3. The number of rotatable bonds is 5. The molecule has 0 N–H and O–H groups in total. The monoisotopic (exact) mass is 369 g/mol. The van der Waals surface area contributed by atoms with Crippen molar-refractivity contribution in [1.82, 2.24) is 0 Å². The number of anilines is 1. The van der Waals surface area contributed by atoms with Crippen molar-refractivity contribution < 1.29 is 28.7 Å². The highest BCUT2D eigenvalue weighted by molar-refractivity contribution is 6.05. The Labute approximate surface area is 156 Å². The fraction of sp³-hybridized carbons (Fsp3) is 0.250. The standard InChI is InChI=1S/C20H19NO6/c1-25-19(23)15-16(17(22)13-9-5-3-6-10-13)21(14-11-7-4-8-12-14)27-18(15)20(24)26-2/h3-12,15-16,18H,1-2H3/t15-,16?,18+/m0/s1. The SMILES string of the molecule is COC(=O)[C@@H]1ON(c2ccccc2)C(C(=O)c2ccccc2)[C@@H]1C(=O)OC. The first-order valence-corrected chi connectivity index (χ1v) is 8.34. The molecule has 1 aliphatic rings. The zero-order valence-electron chi connectivity index (χ0n) is 14.9. The molecule has 1 aliphatic heterocycles. The zero-order valence-corrected chi connectivity index (χ0v) is 14.9. The van der Waals surface area contributed by atoms with E-state index in [0.29, 0.717) is 11.3 Å². The average molecular weight is 369 g/mol. The van der Waals surface area contributed by atoms with Crippen LogP contribution >= 0.6 is 0 Å². The van der Waals surface area contributed by atoms with Gasteiger partial charge in [-0.15, -0.1) is 0 Å². The first kappa shape index (κ1) is 18.6. The van der Waals surface area contributed by atoms with E-state index in [1.807, 2.05) is 6.07 Å². The van der Waals surface area contributed by atoms with E-state index < -0.39 is 30.0 Å². The first-order chi connectivity index (χ1) is 13.1. The van der Waals surface area contributed by atoms with E-state index in [2.05, 4.69) is 0 Å². The van der Waals surface area contributed by atoms with E-state index in [9.17, 15) is 14.4 Å². The number of methoxy groups -OCH3 is 2. The van der Waals surface area contributed by atoms with Crippen molar-refractivity contribution in [3.63, 3.8) is 0 Å². The van der Waals surface area contributed by atoms with E-state index in [1.165, 1.54) is 19.3 Å². The second-order valence-corrected chi connectivity index (χ2v) is 5.93. The van der Waals surface area contributed by atoms with Crippen LogP contribution in [0.4, 0.5) is 5.69 Å². The Balaban J connectivity index is 2.09. The van der Waals surface area contributed by atoms with Gasteiger partial charge >= 0.3 is 11.9 Å². The molecule has 7 heteroatoms. The minimum atomic E-state index is -1.29. The third-order valence-electron chi connectivity index (χ3n) is 4.39. The van der Waals surface area contributed by atoms with E-state index in [-0.39, 0.29) is 5.78 Å². The van der Waals surface area contributed by atoms with Crippen LogP contribution in [-0.4, -0.2) is 44.1 Å².